The zero-order chi connectivity index (χ0) is 49.2. The molecule has 6 aromatic carbocycles. The van der Waals surface area contributed by atoms with Crippen molar-refractivity contribution < 1.29 is 58.3 Å². The minimum atomic E-state index is -1.24. The van der Waals surface area contributed by atoms with Gasteiger partial charge in [-0.3, -0.25) is 28.8 Å². The largest absolute Gasteiger partial charge is 0.507 e. The first kappa shape index (κ1) is 47.5. The Morgan fingerprint density at radius 3 is 0.841 bits per heavy atom. The first-order chi connectivity index (χ1) is 33.2. The van der Waals surface area contributed by atoms with Crippen molar-refractivity contribution in [2.45, 2.75) is 38.9 Å². The number of phenolic OH excluding ortho intramolecular Hbond substituents is 3. The Kier molecular flexibility index (Phi) is 14.6. The van der Waals surface area contributed by atoms with Crippen LogP contribution in [-0.4, -0.2) is 64.3 Å². The van der Waals surface area contributed by atoms with E-state index in [0.29, 0.717) is 30.4 Å². The van der Waals surface area contributed by atoms with Crippen molar-refractivity contribution in [2.24, 2.45) is 0 Å². The van der Waals surface area contributed by atoms with Crippen LogP contribution in [0, 0.1) is 0 Å². The van der Waals surface area contributed by atoms with Crippen LogP contribution in [0.1, 0.15) is 67.0 Å². The average molecular weight is 934 g/mol. The number of esters is 3. The van der Waals surface area contributed by atoms with Crippen LogP contribution in [0.2, 0.25) is 0 Å². The van der Waals surface area contributed by atoms with E-state index in [1.54, 1.807) is 91.0 Å². The van der Waals surface area contributed by atoms with Gasteiger partial charge in [0.05, 0.1) is 36.0 Å². The molecule has 0 saturated carbocycles. The van der Waals surface area contributed by atoms with Gasteiger partial charge in [-0.25, -0.2) is 28.1 Å². The molecule has 1 aromatic heterocycles. The summed E-state index contributed by atoms with van der Waals surface area (Å²) in [7, 11) is 0. The molecule has 0 radical (unpaired) electrons. The molecule has 0 amide bonds. The summed E-state index contributed by atoms with van der Waals surface area (Å²) in [5.41, 5.74) is -3.03. The first-order valence-corrected chi connectivity index (χ1v) is 21.0. The van der Waals surface area contributed by atoms with Gasteiger partial charge >= 0.3 is 35.0 Å². The van der Waals surface area contributed by atoms with Crippen LogP contribution in [0.4, 0.5) is 0 Å². The monoisotopic (exact) mass is 933 g/mol. The van der Waals surface area contributed by atoms with Crippen molar-refractivity contribution in [2.75, 3.05) is 0 Å². The van der Waals surface area contributed by atoms with Gasteiger partial charge in [-0.05, 0) is 36.4 Å². The summed E-state index contributed by atoms with van der Waals surface area (Å²) in [6.07, 6.45) is -1.95. The fraction of sp³-hybridized carbons (Fsp3) is 0.118. The summed E-state index contributed by atoms with van der Waals surface area (Å²) in [5, 5.41) is 31.7. The number of aromatic nitrogens is 3. The van der Waals surface area contributed by atoms with Crippen molar-refractivity contribution in [1.29, 1.82) is 0 Å². The summed E-state index contributed by atoms with van der Waals surface area (Å²) in [4.78, 5) is 119. The molecule has 3 N–H and O–H groups in total. The molecule has 0 fully saturated rings. The summed E-state index contributed by atoms with van der Waals surface area (Å²) < 4.78 is 17.4. The first-order valence-electron chi connectivity index (χ1n) is 21.0. The molecular weight excluding hydrogens is 895 g/mol. The molecule has 7 aromatic rings. The molecule has 0 aliphatic heterocycles. The lowest BCUT2D eigenvalue weighted by atomic mass is 10.0. The predicted octanol–water partition coefficient (Wildman–Crippen LogP) is 4.97. The van der Waals surface area contributed by atoms with E-state index in [4.69, 9.17) is 14.2 Å². The maximum atomic E-state index is 13.7. The van der Waals surface area contributed by atoms with Crippen LogP contribution in [0.3, 0.4) is 0 Å². The van der Waals surface area contributed by atoms with Gasteiger partial charge in [-0.15, -0.1) is 0 Å². The Hall–Kier alpha value is -9.45. The van der Waals surface area contributed by atoms with Crippen LogP contribution in [0.15, 0.2) is 160 Å². The lowest BCUT2D eigenvalue weighted by Gasteiger charge is -2.14. The Morgan fingerprint density at radius 1 is 0.362 bits per heavy atom. The highest BCUT2D eigenvalue weighted by molar-refractivity contribution is 6.12. The second kappa shape index (κ2) is 21.2. The van der Waals surface area contributed by atoms with Gasteiger partial charge in [0.2, 0.25) is 0 Å². The smallest absolute Gasteiger partial charge is 0.336 e. The number of carbonyl (C=O) groups is 6. The zero-order valence-corrected chi connectivity index (χ0v) is 36.2. The Balaban J connectivity index is 1.07. The molecule has 7 rings (SSSR count). The van der Waals surface area contributed by atoms with Gasteiger partial charge in [0.15, 0.2) is 17.3 Å². The molecule has 69 heavy (non-hydrogen) atoms. The summed E-state index contributed by atoms with van der Waals surface area (Å²) in [6, 6.07) is 35.0. The highest BCUT2D eigenvalue weighted by atomic mass is 16.5. The van der Waals surface area contributed by atoms with Crippen LogP contribution in [0.5, 0.6) is 34.5 Å². The maximum absolute atomic E-state index is 13.7. The van der Waals surface area contributed by atoms with Gasteiger partial charge in [-0.1, -0.05) is 91.0 Å². The van der Waals surface area contributed by atoms with Gasteiger partial charge in [0.1, 0.15) is 34.5 Å². The van der Waals surface area contributed by atoms with Crippen molar-refractivity contribution in [3.8, 4) is 34.5 Å². The van der Waals surface area contributed by atoms with Crippen LogP contribution in [0.25, 0.3) is 0 Å². The predicted molar refractivity (Wildman–Crippen MR) is 244 cm³/mol. The van der Waals surface area contributed by atoms with E-state index < -0.39 is 108 Å². The SMILES string of the molecule is O=C(CCn1c(=O)n(CCC(=O)Oc2ccc(C(=O)c3ccccc3)c(O)c2)c(=O)n(CCC(=O)Oc2ccc(C(=O)c3ccccc3)c(O)c2)c1=O)Oc1ccc(C(=O)c2ccccc2)c(O)c1. The summed E-state index contributed by atoms with van der Waals surface area (Å²) in [5.74, 6) is -6.47. The van der Waals surface area contributed by atoms with Crippen LogP contribution >= 0.6 is 0 Å². The number of carbonyl (C=O) groups excluding carboxylic acids is 6. The van der Waals surface area contributed by atoms with E-state index in [1.165, 1.54) is 36.4 Å². The summed E-state index contributed by atoms with van der Waals surface area (Å²) in [6.45, 7) is -2.03. The van der Waals surface area contributed by atoms with E-state index in [9.17, 15) is 58.5 Å². The molecular formula is C51H39N3O15. The lowest BCUT2D eigenvalue weighted by Crippen LogP contribution is -2.55. The minimum absolute atomic E-state index is 0.0686. The van der Waals surface area contributed by atoms with Crippen molar-refractivity contribution in [1.82, 2.24) is 13.7 Å². The average Bonchev–Trinajstić information content (AvgIpc) is 3.34. The van der Waals surface area contributed by atoms with Gasteiger partial charge in [0.25, 0.3) is 0 Å². The molecule has 0 aliphatic rings. The molecule has 0 bridgehead atoms. The van der Waals surface area contributed by atoms with E-state index in [1.807, 2.05) is 0 Å². The number of ether oxygens (including phenoxy) is 3. The van der Waals surface area contributed by atoms with Crippen LogP contribution < -0.4 is 31.3 Å². The molecule has 0 saturated heterocycles. The van der Waals surface area contributed by atoms with E-state index >= 15 is 0 Å². The Bertz CT molecular complexity index is 2930. The molecule has 0 spiro atoms. The van der Waals surface area contributed by atoms with E-state index in [2.05, 4.69) is 0 Å². The Morgan fingerprint density at radius 2 is 0.609 bits per heavy atom. The van der Waals surface area contributed by atoms with Crippen molar-refractivity contribution in [3.05, 3.63) is 210 Å². The van der Waals surface area contributed by atoms with Crippen LogP contribution in [-0.2, 0) is 34.0 Å². The highest BCUT2D eigenvalue weighted by Crippen LogP contribution is 2.29. The third-order valence-corrected chi connectivity index (χ3v) is 10.4. The van der Waals surface area contributed by atoms with E-state index in [-0.39, 0.29) is 33.9 Å². The summed E-state index contributed by atoms with van der Waals surface area (Å²) >= 11 is 0. The van der Waals surface area contributed by atoms with E-state index in [0.717, 1.165) is 18.2 Å². The number of aromatic hydroxyl groups is 3. The zero-order valence-electron chi connectivity index (χ0n) is 36.2. The number of hydrogen-bond donors (Lipinski definition) is 3. The fourth-order valence-electron chi connectivity index (χ4n) is 6.95. The number of rotatable bonds is 18. The third kappa shape index (κ3) is 11.3. The quantitative estimate of drug-likeness (QED) is 0.0583. The van der Waals surface area contributed by atoms with Gasteiger partial charge in [0, 0.05) is 54.5 Å². The molecule has 0 aliphatic carbocycles. The van der Waals surface area contributed by atoms with Crippen molar-refractivity contribution >= 4 is 35.3 Å². The number of ketones is 3. The lowest BCUT2D eigenvalue weighted by molar-refractivity contribution is -0.135. The normalized spacial score (nSPS) is 10.8. The molecule has 0 unspecified atom stereocenters. The molecule has 348 valence electrons. The molecule has 1 heterocycles. The topological polar surface area (TPSA) is 257 Å². The number of hydrogen-bond acceptors (Lipinski definition) is 15. The number of phenols is 3. The minimum Gasteiger partial charge on any atom is -0.507 e. The van der Waals surface area contributed by atoms with Crippen molar-refractivity contribution in [3.63, 3.8) is 0 Å². The van der Waals surface area contributed by atoms with Gasteiger partial charge in [-0.2, -0.15) is 0 Å². The second-order valence-electron chi connectivity index (χ2n) is 15.1. The standard InChI is InChI=1S/C51H39N3O15/c55-40-28-34(16-19-37(40)46(61)31-10-4-1-5-11-31)67-43(58)22-25-52-49(64)53(26-23-44(59)68-35-17-20-38(41(56)29-35)47(62)32-12-6-2-7-13-32)51(66)54(50(52)65)27-24-45(60)69-36-18-21-39(42(57)30-36)48(63)33-14-8-3-9-15-33/h1-21,28-30,55-57H,22-27H2. The maximum Gasteiger partial charge on any atom is 0.336 e. The molecule has 18 heteroatoms. The van der Waals surface area contributed by atoms with Gasteiger partial charge < -0.3 is 29.5 Å². The fourth-order valence-corrected chi connectivity index (χ4v) is 6.95. The molecule has 0 atom stereocenters. The Labute approximate surface area is 390 Å². The molecule has 18 nitrogen and oxygen atoms in total. The number of benzene rings is 6. The third-order valence-electron chi connectivity index (χ3n) is 10.4. The second-order valence-corrected chi connectivity index (χ2v) is 15.1. The number of nitrogens with zero attached hydrogens (tertiary/aromatic N) is 3. The highest BCUT2D eigenvalue weighted by Gasteiger charge is 2.22.